The fraction of sp³-hybridized carbons (Fsp3) is 0.200. The first-order chi connectivity index (χ1) is 13.4. The molecule has 0 aliphatic carbocycles. The van der Waals surface area contributed by atoms with Gasteiger partial charge < -0.3 is 10.1 Å². The van der Waals surface area contributed by atoms with E-state index in [-0.39, 0.29) is 17.5 Å². The van der Waals surface area contributed by atoms with E-state index >= 15 is 0 Å². The summed E-state index contributed by atoms with van der Waals surface area (Å²) in [5.41, 5.74) is 7.36. The normalized spacial score (nSPS) is 18.7. The van der Waals surface area contributed by atoms with Crippen LogP contribution >= 0.6 is 0 Å². The Kier molecular flexibility index (Phi) is 3.63. The molecule has 3 aromatic rings. The standard InChI is InChI=1S/C25H22FNO/c1-15-14-25(2,3)27-20-11-10-18-19-13-17(26)9-12-21(19)28-24(23(18)22(15)20)16-7-5-4-6-8-16/h4-14,24,27H,1-3H3/t24-/m0/s1. The van der Waals surface area contributed by atoms with Crippen LogP contribution in [-0.4, -0.2) is 5.54 Å². The molecule has 0 radical (unpaired) electrons. The number of halogens is 1. The van der Waals surface area contributed by atoms with E-state index in [0.717, 1.165) is 33.5 Å². The van der Waals surface area contributed by atoms with Crippen molar-refractivity contribution in [3.8, 4) is 16.9 Å². The predicted molar refractivity (Wildman–Crippen MR) is 112 cm³/mol. The largest absolute Gasteiger partial charge is 0.480 e. The van der Waals surface area contributed by atoms with Gasteiger partial charge >= 0.3 is 0 Å². The van der Waals surface area contributed by atoms with Gasteiger partial charge in [0.05, 0.1) is 5.54 Å². The molecule has 2 aliphatic heterocycles. The summed E-state index contributed by atoms with van der Waals surface area (Å²) >= 11 is 0. The van der Waals surface area contributed by atoms with Gasteiger partial charge in [-0.15, -0.1) is 0 Å². The Bertz CT molecular complexity index is 1110. The molecule has 0 unspecified atom stereocenters. The molecule has 0 saturated heterocycles. The third-order valence-electron chi connectivity index (χ3n) is 5.52. The van der Waals surface area contributed by atoms with E-state index in [1.165, 1.54) is 11.6 Å². The topological polar surface area (TPSA) is 21.3 Å². The molecule has 2 heterocycles. The van der Waals surface area contributed by atoms with Gasteiger partial charge in [0.2, 0.25) is 0 Å². The highest BCUT2D eigenvalue weighted by molar-refractivity contribution is 5.90. The lowest BCUT2D eigenvalue weighted by molar-refractivity contribution is 0.243. The molecule has 1 N–H and O–H groups in total. The summed E-state index contributed by atoms with van der Waals surface area (Å²) in [6.45, 7) is 6.47. The zero-order chi connectivity index (χ0) is 19.5. The average Bonchev–Trinajstić information content (AvgIpc) is 2.66. The van der Waals surface area contributed by atoms with Gasteiger partial charge in [0.25, 0.3) is 0 Å². The molecule has 0 fully saturated rings. The van der Waals surface area contributed by atoms with E-state index in [4.69, 9.17) is 4.74 Å². The number of benzene rings is 3. The number of fused-ring (bicyclic) bond motifs is 5. The molecule has 0 spiro atoms. The van der Waals surface area contributed by atoms with Crippen LogP contribution in [0.3, 0.4) is 0 Å². The minimum Gasteiger partial charge on any atom is -0.480 e. The highest BCUT2D eigenvalue weighted by atomic mass is 19.1. The van der Waals surface area contributed by atoms with Crippen LogP contribution in [0, 0.1) is 5.82 Å². The Morgan fingerprint density at radius 1 is 0.964 bits per heavy atom. The zero-order valence-electron chi connectivity index (χ0n) is 16.2. The predicted octanol–water partition coefficient (Wildman–Crippen LogP) is 6.58. The second-order valence-corrected chi connectivity index (χ2v) is 8.17. The van der Waals surface area contributed by atoms with Gasteiger partial charge in [-0.3, -0.25) is 0 Å². The molecule has 0 bridgehead atoms. The van der Waals surface area contributed by atoms with Gasteiger partial charge in [0.1, 0.15) is 11.6 Å². The maximum atomic E-state index is 14.0. The summed E-state index contributed by atoms with van der Waals surface area (Å²) < 4.78 is 20.5. The molecule has 0 saturated carbocycles. The molecule has 2 nitrogen and oxygen atoms in total. The van der Waals surface area contributed by atoms with Crippen molar-refractivity contribution < 1.29 is 9.13 Å². The molecule has 3 aromatic carbocycles. The van der Waals surface area contributed by atoms with E-state index in [9.17, 15) is 4.39 Å². The fourth-order valence-corrected chi connectivity index (χ4v) is 4.52. The Morgan fingerprint density at radius 2 is 1.75 bits per heavy atom. The number of hydrogen-bond acceptors (Lipinski definition) is 2. The van der Waals surface area contributed by atoms with Crippen molar-refractivity contribution in [2.24, 2.45) is 0 Å². The second-order valence-electron chi connectivity index (χ2n) is 8.17. The van der Waals surface area contributed by atoms with E-state index in [1.54, 1.807) is 12.1 Å². The summed E-state index contributed by atoms with van der Waals surface area (Å²) in [5, 5.41) is 3.62. The lowest BCUT2D eigenvalue weighted by Crippen LogP contribution is -2.32. The second kappa shape index (κ2) is 5.96. The molecule has 28 heavy (non-hydrogen) atoms. The van der Waals surface area contributed by atoms with Crippen LogP contribution in [0.1, 0.15) is 43.6 Å². The van der Waals surface area contributed by atoms with E-state index in [0.29, 0.717) is 5.75 Å². The minimum atomic E-state index is -0.254. The van der Waals surface area contributed by atoms with Crippen LogP contribution in [0.4, 0.5) is 10.1 Å². The van der Waals surface area contributed by atoms with Crippen molar-refractivity contribution >= 4 is 11.3 Å². The van der Waals surface area contributed by atoms with Crippen molar-refractivity contribution in [3.05, 3.63) is 89.2 Å². The van der Waals surface area contributed by atoms with Gasteiger partial charge in [0, 0.05) is 22.4 Å². The van der Waals surface area contributed by atoms with Crippen LogP contribution in [0.2, 0.25) is 0 Å². The summed E-state index contributed by atoms with van der Waals surface area (Å²) in [6, 6.07) is 19.2. The Morgan fingerprint density at radius 3 is 2.54 bits per heavy atom. The summed E-state index contributed by atoms with van der Waals surface area (Å²) in [5.74, 6) is 0.462. The summed E-state index contributed by atoms with van der Waals surface area (Å²) in [6.07, 6.45) is 2.01. The molecular weight excluding hydrogens is 349 g/mol. The van der Waals surface area contributed by atoms with Gasteiger partial charge in [-0.1, -0.05) is 42.5 Å². The number of ether oxygens (including phenoxy) is 1. The molecule has 2 aliphatic rings. The van der Waals surface area contributed by atoms with E-state index in [1.807, 2.05) is 18.2 Å². The molecule has 3 heteroatoms. The quantitative estimate of drug-likeness (QED) is 0.521. The smallest absolute Gasteiger partial charge is 0.150 e. The monoisotopic (exact) mass is 371 g/mol. The zero-order valence-corrected chi connectivity index (χ0v) is 16.2. The van der Waals surface area contributed by atoms with Gasteiger partial charge in [-0.05, 0) is 61.7 Å². The van der Waals surface area contributed by atoms with Gasteiger partial charge in [0.15, 0.2) is 6.10 Å². The molecule has 1 atom stereocenters. The van der Waals surface area contributed by atoms with Crippen LogP contribution < -0.4 is 10.1 Å². The first-order valence-corrected chi connectivity index (χ1v) is 9.59. The van der Waals surface area contributed by atoms with Crippen molar-refractivity contribution in [1.82, 2.24) is 0 Å². The lowest BCUT2D eigenvalue weighted by atomic mass is 9.80. The first kappa shape index (κ1) is 17.1. The Hall–Kier alpha value is -3.07. The minimum absolute atomic E-state index is 0.118. The van der Waals surface area contributed by atoms with E-state index < -0.39 is 0 Å². The highest BCUT2D eigenvalue weighted by Gasteiger charge is 2.34. The van der Waals surface area contributed by atoms with Crippen LogP contribution in [0.15, 0.2) is 66.7 Å². The lowest BCUT2D eigenvalue weighted by Gasteiger charge is -2.37. The average molecular weight is 371 g/mol. The Labute approximate surface area is 164 Å². The maximum Gasteiger partial charge on any atom is 0.150 e. The Balaban J connectivity index is 1.82. The third kappa shape index (κ3) is 2.62. The van der Waals surface area contributed by atoms with Crippen molar-refractivity contribution in [1.29, 1.82) is 0 Å². The van der Waals surface area contributed by atoms with Crippen LogP contribution in [0.5, 0.6) is 5.75 Å². The third-order valence-corrected chi connectivity index (χ3v) is 5.52. The van der Waals surface area contributed by atoms with Gasteiger partial charge in [-0.2, -0.15) is 0 Å². The number of allylic oxidation sites excluding steroid dienone is 1. The fourth-order valence-electron chi connectivity index (χ4n) is 4.52. The van der Waals surface area contributed by atoms with Crippen LogP contribution in [0.25, 0.3) is 16.7 Å². The highest BCUT2D eigenvalue weighted by Crippen LogP contribution is 2.50. The van der Waals surface area contributed by atoms with Crippen molar-refractivity contribution in [2.75, 3.05) is 5.32 Å². The van der Waals surface area contributed by atoms with Crippen molar-refractivity contribution in [2.45, 2.75) is 32.4 Å². The number of rotatable bonds is 1. The summed E-state index contributed by atoms with van der Waals surface area (Å²) in [4.78, 5) is 0. The molecule has 0 aromatic heterocycles. The number of hydrogen-bond donors (Lipinski definition) is 1. The molecule has 0 amide bonds. The molecular formula is C25H22FNO. The van der Waals surface area contributed by atoms with Crippen LogP contribution in [-0.2, 0) is 0 Å². The van der Waals surface area contributed by atoms with Gasteiger partial charge in [-0.25, -0.2) is 4.39 Å². The molecule has 5 rings (SSSR count). The van der Waals surface area contributed by atoms with Crippen molar-refractivity contribution in [3.63, 3.8) is 0 Å². The number of nitrogens with one attached hydrogen (secondary N) is 1. The van der Waals surface area contributed by atoms with E-state index in [2.05, 4.69) is 56.4 Å². The molecule has 140 valence electrons. The summed E-state index contributed by atoms with van der Waals surface area (Å²) in [7, 11) is 0. The first-order valence-electron chi connectivity index (χ1n) is 9.59. The SMILES string of the molecule is CC1=CC(C)(C)Nc2ccc3c(c21)[C@H](c1ccccc1)Oc1ccc(F)cc1-3. The maximum absolute atomic E-state index is 14.0. The number of anilines is 1.